The molecule has 0 bridgehead atoms. The van der Waals surface area contributed by atoms with E-state index in [0.29, 0.717) is 5.65 Å². The number of aromatic nitrogens is 5. The van der Waals surface area contributed by atoms with E-state index in [1.165, 1.54) is 6.07 Å². The highest BCUT2D eigenvalue weighted by Gasteiger charge is 2.17. The van der Waals surface area contributed by atoms with Crippen molar-refractivity contribution >= 4 is 17.2 Å². The van der Waals surface area contributed by atoms with Gasteiger partial charge in [0.25, 0.3) is 5.91 Å². The van der Waals surface area contributed by atoms with Gasteiger partial charge >= 0.3 is 0 Å². The second kappa shape index (κ2) is 6.31. The summed E-state index contributed by atoms with van der Waals surface area (Å²) in [6.45, 7) is 3.78. The predicted molar refractivity (Wildman–Crippen MR) is 99.0 cm³/mol. The van der Waals surface area contributed by atoms with Crippen molar-refractivity contribution in [3.8, 4) is 11.3 Å². The van der Waals surface area contributed by atoms with Gasteiger partial charge in [0.05, 0.1) is 17.6 Å². The molecule has 0 radical (unpaired) electrons. The number of nitrogens with zero attached hydrogens (tertiary/aromatic N) is 5. The molecule has 0 saturated heterocycles. The van der Waals surface area contributed by atoms with Crippen molar-refractivity contribution in [3.05, 3.63) is 65.5 Å². The molecule has 0 spiro atoms. The monoisotopic (exact) mass is 364 g/mol. The number of rotatable bonds is 3. The fourth-order valence-electron chi connectivity index (χ4n) is 2.88. The average Bonchev–Trinajstić information content (AvgIpc) is 3.22. The molecule has 3 heterocycles. The summed E-state index contributed by atoms with van der Waals surface area (Å²) in [5, 5.41) is 11.2. The smallest absolute Gasteiger partial charge is 0.276 e. The molecule has 0 fully saturated rings. The third-order valence-electron chi connectivity index (χ3n) is 4.47. The Kier molecular flexibility index (Phi) is 3.95. The number of halogens is 1. The third kappa shape index (κ3) is 2.95. The second-order valence-electron chi connectivity index (χ2n) is 6.33. The summed E-state index contributed by atoms with van der Waals surface area (Å²) < 4.78 is 17.3. The van der Waals surface area contributed by atoms with Crippen molar-refractivity contribution in [1.82, 2.24) is 24.4 Å². The Bertz CT molecular complexity index is 1180. The van der Waals surface area contributed by atoms with E-state index in [4.69, 9.17) is 0 Å². The first-order chi connectivity index (χ1) is 12.9. The Labute approximate surface area is 154 Å². The molecule has 0 aliphatic rings. The quantitative estimate of drug-likeness (QED) is 0.606. The lowest BCUT2D eigenvalue weighted by molar-refractivity contribution is 0.102. The van der Waals surface area contributed by atoms with Gasteiger partial charge in [0.2, 0.25) is 0 Å². The maximum atomic E-state index is 13.9. The van der Waals surface area contributed by atoms with Gasteiger partial charge in [0.1, 0.15) is 5.82 Å². The van der Waals surface area contributed by atoms with Crippen LogP contribution in [0.15, 0.2) is 42.7 Å². The Morgan fingerprint density at radius 1 is 1.19 bits per heavy atom. The summed E-state index contributed by atoms with van der Waals surface area (Å²) in [4.78, 5) is 16.8. The van der Waals surface area contributed by atoms with Gasteiger partial charge in [-0.15, -0.1) is 0 Å². The first kappa shape index (κ1) is 16.9. The van der Waals surface area contributed by atoms with Gasteiger partial charge in [0, 0.05) is 30.6 Å². The zero-order valence-electron chi connectivity index (χ0n) is 15.1. The highest BCUT2D eigenvalue weighted by molar-refractivity contribution is 6.03. The van der Waals surface area contributed by atoms with Crippen molar-refractivity contribution in [3.63, 3.8) is 0 Å². The first-order valence-corrected chi connectivity index (χ1v) is 8.35. The number of fused-ring (bicyclic) bond motifs is 1. The van der Waals surface area contributed by atoms with Crippen LogP contribution >= 0.6 is 0 Å². The second-order valence-corrected chi connectivity index (χ2v) is 6.33. The topological polar surface area (TPSA) is 77.1 Å². The fraction of sp³-hybridized carbons (Fsp3) is 0.158. The lowest BCUT2D eigenvalue weighted by Gasteiger charge is -2.05. The molecule has 0 saturated carbocycles. The molecule has 136 valence electrons. The van der Waals surface area contributed by atoms with Crippen molar-refractivity contribution in [2.24, 2.45) is 7.05 Å². The summed E-state index contributed by atoms with van der Waals surface area (Å²) in [5.74, 6) is -0.999. The van der Waals surface area contributed by atoms with Crippen LogP contribution in [0.5, 0.6) is 0 Å². The largest absolute Gasteiger partial charge is 0.318 e. The van der Waals surface area contributed by atoms with Crippen LogP contribution in [-0.2, 0) is 7.05 Å². The minimum absolute atomic E-state index is 0.119. The van der Waals surface area contributed by atoms with E-state index in [1.54, 1.807) is 39.8 Å². The zero-order chi connectivity index (χ0) is 19.1. The van der Waals surface area contributed by atoms with Crippen LogP contribution in [0.25, 0.3) is 16.9 Å². The molecule has 0 atom stereocenters. The molecular formula is C19H17FN6O. The number of hydrogen-bond acceptors (Lipinski definition) is 4. The van der Waals surface area contributed by atoms with E-state index in [9.17, 15) is 9.18 Å². The molecule has 1 amide bonds. The van der Waals surface area contributed by atoms with Crippen molar-refractivity contribution in [2.45, 2.75) is 13.8 Å². The average molecular weight is 364 g/mol. The van der Waals surface area contributed by atoms with E-state index in [2.05, 4.69) is 20.5 Å². The Balaban J connectivity index is 1.73. The number of carbonyl (C=O) groups excluding carboxylic acids is 1. The SMILES string of the molecule is Cc1ccc(F)c(NC(=O)c2cc3nccc(-c4cnn(C)c4C)n3n2)c1. The molecule has 0 aliphatic carbocycles. The van der Waals surface area contributed by atoms with Gasteiger partial charge in [0.15, 0.2) is 11.3 Å². The summed E-state index contributed by atoms with van der Waals surface area (Å²) in [5.41, 5.74) is 4.26. The Morgan fingerprint density at radius 2 is 2.00 bits per heavy atom. The lowest BCUT2D eigenvalue weighted by atomic mass is 10.2. The first-order valence-electron chi connectivity index (χ1n) is 8.35. The number of carbonyl (C=O) groups is 1. The molecule has 7 nitrogen and oxygen atoms in total. The van der Waals surface area contributed by atoms with Gasteiger partial charge in [-0.25, -0.2) is 13.9 Å². The number of nitrogens with one attached hydrogen (secondary N) is 1. The Hall–Kier alpha value is -3.55. The van der Waals surface area contributed by atoms with Gasteiger partial charge in [-0.05, 0) is 37.6 Å². The molecule has 4 aromatic rings. The lowest BCUT2D eigenvalue weighted by Crippen LogP contribution is -2.14. The Morgan fingerprint density at radius 3 is 2.74 bits per heavy atom. The normalized spacial score (nSPS) is 11.1. The molecule has 0 unspecified atom stereocenters. The van der Waals surface area contributed by atoms with Crippen LogP contribution in [0.2, 0.25) is 0 Å². The summed E-state index contributed by atoms with van der Waals surface area (Å²) in [6, 6.07) is 7.91. The van der Waals surface area contributed by atoms with Crippen molar-refractivity contribution in [2.75, 3.05) is 5.32 Å². The van der Waals surface area contributed by atoms with E-state index >= 15 is 0 Å². The minimum atomic E-state index is -0.501. The van der Waals surface area contributed by atoms with E-state index in [1.807, 2.05) is 27.0 Å². The van der Waals surface area contributed by atoms with Crippen molar-refractivity contribution in [1.29, 1.82) is 0 Å². The number of amides is 1. The maximum Gasteiger partial charge on any atom is 0.276 e. The van der Waals surface area contributed by atoms with E-state index in [0.717, 1.165) is 22.5 Å². The van der Waals surface area contributed by atoms with Crippen LogP contribution in [-0.4, -0.2) is 30.3 Å². The predicted octanol–water partition coefficient (Wildman–Crippen LogP) is 3.14. The van der Waals surface area contributed by atoms with Crippen LogP contribution in [0.1, 0.15) is 21.7 Å². The number of hydrogen-bond donors (Lipinski definition) is 1. The van der Waals surface area contributed by atoms with Crippen LogP contribution in [0.4, 0.5) is 10.1 Å². The van der Waals surface area contributed by atoms with Gasteiger partial charge in [-0.1, -0.05) is 6.07 Å². The molecule has 1 aromatic carbocycles. The molecule has 3 aromatic heterocycles. The highest BCUT2D eigenvalue weighted by Crippen LogP contribution is 2.23. The van der Waals surface area contributed by atoms with Gasteiger partial charge in [-0.2, -0.15) is 10.2 Å². The fourth-order valence-corrected chi connectivity index (χ4v) is 2.88. The molecular weight excluding hydrogens is 347 g/mol. The minimum Gasteiger partial charge on any atom is -0.318 e. The standard InChI is InChI=1S/C19H17FN6O/c1-11-4-5-14(20)15(8-11)23-19(27)16-9-18-21-7-6-17(26(18)24-16)13-10-22-25(3)12(13)2/h4-10H,1-3H3,(H,23,27). The zero-order valence-corrected chi connectivity index (χ0v) is 15.1. The van der Waals surface area contributed by atoms with Crippen LogP contribution < -0.4 is 5.32 Å². The summed E-state index contributed by atoms with van der Waals surface area (Å²) >= 11 is 0. The summed E-state index contributed by atoms with van der Waals surface area (Å²) in [7, 11) is 1.86. The highest BCUT2D eigenvalue weighted by atomic mass is 19.1. The van der Waals surface area contributed by atoms with E-state index in [-0.39, 0.29) is 11.4 Å². The molecule has 8 heteroatoms. The van der Waals surface area contributed by atoms with Gasteiger partial charge in [-0.3, -0.25) is 9.48 Å². The molecule has 0 aliphatic heterocycles. The van der Waals surface area contributed by atoms with Crippen LogP contribution in [0, 0.1) is 19.7 Å². The van der Waals surface area contributed by atoms with Crippen LogP contribution in [0.3, 0.4) is 0 Å². The third-order valence-corrected chi connectivity index (χ3v) is 4.47. The number of anilines is 1. The summed E-state index contributed by atoms with van der Waals surface area (Å²) in [6.07, 6.45) is 3.40. The molecule has 4 rings (SSSR count). The molecule has 1 N–H and O–H groups in total. The van der Waals surface area contributed by atoms with Crippen molar-refractivity contribution < 1.29 is 9.18 Å². The number of benzene rings is 1. The number of aryl methyl sites for hydroxylation is 2. The molecule has 27 heavy (non-hydrogen) atoms. The maximum absolute atomic E-state index is 13.9. The van der Waals surface area contributed by atoms with Gasteiger partial charge < -0.3 is 5.32 Å². The van der Waals surface area contributed by atoms with E-state index < -0.39 is 11.7 Å².